The summed E-state index contributed by atoms with van der Waals surface area (Å²) in [7, 11) is 0. The molecule has 0 saturated heterocycles. The third-order valence-corrected chi connectivity index (χ3v) is 3.31. The highest BCUT2D eigenvalue weighted by atomic mass is 16.5. The lowest BCUT2D eigenvalue weighted by atomic mass is 9.95. The molecule has 1 aromatic rings. The fourth-order valence-corrected chi connectivity index (χ4v) is 2.60. The van der Waals surface area contributed by atoms with E-state index >= 15 is 0 Å². The number of fused-ring (bicyclic) bond motifs is 2. The summed E-state index contributed by atoms with van der Waals surface area (Å²) in [4.78, 5) is 11.5. The predicted molar refractivity (Wildman–Crippen MR) is 58.1 cm³/mol. The van der Waals surface area contributed by atoms with Gasteiger partial charge in [0.25, 0.3) is 5.91 Å². The second-order valence-electron chi connectivity index (χ2n) is 4.18. The van der Waals surface area contributed by atoms with Crippen molar-refractivity contribution >= 4 is 5.91 Å². The van der Waals surface area contributed by atoms with E-state index < -0.39 is 5.91 Å². The third kappa shape index (κ3) is 1.07. The lowest BCUT2D eigenvalue weighted by Crippen LogP contribution is -2.15. The molecule has 0 radical (unpaired) electrons. The van der Waals surface area contributed by atoms with Crippen molar-refractivity contribution in [3.05, 3.63) is 22.3 Å². The number of rotatable bonds is 1. The highest BCUT2D eigenvalue weighted by molar-refractivity contribution is 5.99. The average Bonchev–Trinajstić information content (AvgIpc) is 2.84. The van der Waals surface area contributed by atoms with E-state index in [0.717, 1.165) is 35.3 Å². The molecule has 0 bridgehead atoms. The van der Waals surface area contributed by atoms with E-state index in [9.17, 15) is 4.79 Å². The fourth-order valence-electron chi connectivity index (χ4n) is 2.60. The first kappa shape index (κ1) is 9.51. The van der Waals surface area contributed by atoms with Crippen molar-refractivity contribution in [2.24, 2.45) is 5.73 Å². The molecule has 4 heteroatoms. The van der Waals surface area contributed by atoms with Crippen molar-refractivity contribution in [3.8, 4) is 11.5 Å². The molecule has 3 rings (SSSR count). The van der Waals surface area contributed by atoms with Crippen LogP contribution in [-0.2, 0) is 12.8 Å². The van der Waals surface area contributed by atoms with Crippen LogP contribution in [0.1, 0.15) is 27.0 Å². The molecule has 84 valence electrons. The first-order valence-electron chi connectivity index (χ1n) is 5.44. The molecule has 2 aliphatic heterocycles. The predicted octanol–water partition coefficient (Wildman–Crippen LogP) is 0.964. The van der Waals surface area contributed by atoms with Gasteiger partial charge in [-0.15, -0.1) is 0 Å². The van der Waals surface area contributed by atoms with Crippen molar-refractivity contribution in [2.45, 2.75) is 19.8 Å². The van der Waals surface area contributed by atoms with Crippen LogP contribution < -0.4 is 15.2 Å². The van der Waals surface area contributed by atoms with Gasteiger partial charge < -0.3 is 15.2 Å². The van der Waals surface area contributed by atoms with Gasteiger partial charge in [0.1, 0.15) is 11.5 Å². The molecule has 1 aromatic carbocycles. The zero-order valence-corrected chi connectivity index (χ0v) is 9.13. The van der Waals surface area contributed by atoms with Crippen LogP contribution in [0.5, 0.6) is 11.5 Å². The quantitative estimate of drug-likeness (QED) is 0.765. The van der Waals surface area contributed by atoms with Gasteiger partial charge in [-0.1, -0.05) is 0 Å². The number of benzene rings is 1. The molecule has 0 saturated carbocycles. The number of carbonyl (C=O) groups is 1. The van der Waals surface area contributed by atoms with E-state index in [1.165, 1.54) is 0 Å². The standard InChI is InChI=1S/C12H13NO3/c1-6-7-2-4-16-11(7)9(12(13)14)8-3-5-15-10(6)8/h2-5H2,1H3,(H2,13,14). The molecule has 0 aliphatic carbocycles. The fraction of sp³-hybridized carbons (Fsp3) is 0.417. The molecule has 2 N–H and O–H groups in total. The topological polar surface area (TPSA) is 61.6 Å². The van der Waals surface area contributed by atoms with Crippen molar-refractivity contribution in [3.63, 3.8) is 0 Å². The number of hydrogen-bond donors (Lipinski definition) is 1. The highest BCUT2D eigenvalue weighted by Gasteiger charge is 2.31. The minimum absolute atomic E-state index is 0.417. The summed E-state index contributed by atoms with van der Waals surface area (Å²) in [6, 6.07) is 0. The molecule has 0 fully saturated rings. The Kier molecular flexibility index (Phi) is 1.87. The Bertz CT molecular complexity index is 459. The van der Waals surface area contributed by atoms with Crippen molar-refractivity contribution < 1.29 is 14.3 Å². The van der Waals surface area contributed by atoms with Gasteiger partial charge in [-0.3, -0.25) is 4.79 Å². The van der Waals surface area contributed by atoms with E-state index in [-0.39, 0.29) is 0 Å². The van der Waals surface area contributed by atoms with E-state index in [4.69, 9.17) is 15.2 Å². The summed E-state index contributed by atoms with van der Waals surface area (Å²) in [6.07, 6.45) is 1.57. The van der Waals surface area contributed by atoms with Gasteiger partial charge in [0.2, 0.25) is 0 Å². The number of nitrogens with two attached hydrogens (primary N) is 1. The first-order chi connectivity index (χ1) is 7.70. The molecular formula is C12H13NO3. The third-order valence-electron chi connectivity index (χ3n) is 3.31. The summed E-state index contributed by atoms with van der Waals surface area (Å²) in [5.74, 6) is 1.12. The summed E-state index contributed by atoms with van der Waals surface area (Å²) in [5, 5.41) is 0. The molecule has 4 nitrogen and oxygen atoms in total. The van der Waals surface area contributed by atoms with Gasteiger partial charge in [-0.05, 0) is 12.5 Å². The molecular weight excluding hydrogens is 206 g/mol. The lowest BCUT2D eigenvalue weighted by Gasteiger charge is -2.13. The minimum Gasteiger partial charge on any atom is -0.493 e. The van der Waals surface area contributed by atoms with E-state index in [2.05, 4.69) is 0 Å². The van der Waals surface area contributed by atoms with Crippen molar-refractivity contribution in [1.82, 2.24) is 0 Å². The molecule has 16 heavy (non-hydrogen) atoms. The Balaban J connectivity index is 2.36. The Morgan fingerprint density at radius 1 is 1.12 bits per heavy atom. The Morgan fingerprint density at radius 3 is 2.44 bits per heavy atom. The Labute approximate surface area is 93.3 Å². The molecule has 0 aromatic heterocycles. The maximum absolute atomic E-state index is 11.5. The number of ether oxygens (including phenoxy) is 2. The summed E-state index contributed by atoms with van der Waals surface area (Å²) < 4.78 is 11.1. The van der Waals surface area contributed by atoms with Crippen LogP contribution in [0.3, 0.4) is 0 Å². The SMILES string of the molecule is Cc1c2c(c(C(N)=O)c3c1OCC3)OCC2. The Morgan fingerprint density at radius 2 is 1.75 bits per heavy atom. The Hall–Kier alpha value is -1.71. The number of amides is 1. The number of carbonyl (C=O) groups excluding carboxylic acids is 1. The second kappa shape index (κ2) is 3.14. The maximum Gasteiger partial charge on any atom is 0.252 e. The van der Waals surface area contributed by atoms with Crippen LogP contribution in [0.25, 0.3) is 0 Å². The lowest BCUT2D eigenvalue weighted by molar-refractivity contribution is 0.0996. The van der Waals surface area contributed by atoms with E-state index in [0.29, 0.717) is 24.5 Å². The van der Waals surface area contributed by atoms with Crippen LogP contribution in [0, 0.1) is 6.92 Å². The highest BCUT2D eigenvalue weighted by Crippen LogP contribution is 2.43. The van der Waals surface area contributed by atoms with Crippen LogP contribution in [0.15, 0.2) is 0 Å². The monoisotopic (exact) mass is 219 g/mol. The van der Waals surface area contributed by atoms with Crippen LogP contribution in [0.4, 0.5) is 0 Å². The van der Waals surface area contributed by atoms with Crippen LogP contribution >= 0.6 is 0 Å². The van der Waals surface area contributed by atoms with Crippen LogP contribution in [-0.4, -0.2) is 19.1 Å². The van der Waals surface area contributed by atoms with Crippen molar-refractivity contribution in [1.29, 1.82) is 0 Å². The van der Waals surface area contributed by atoms with Gasteiger partial charge in [0, 0.05) is 24.0 Å². The zero-order valence-electron chi connectivity index (χ0n) is 9.13. The number of hydrogen-bond acceptors (Lipinski definition) is 3. The molecule has 2 aliphatic rings. The first-order valence-corrected chi connectivity index (χ1v) is 5.44. The molecule has 0 unspecified atom stereocenters. The molecule has 2 heterocycles. The number of primary amides is 1. The minimum atomic E-state index is -0.417. The van der Waals surface area contributed by atoms with Gasteiger partial charge in [0.05, 0.1) is 18.8 Å². The smallest absolute Gasteiger partial charge is 0.252 e. The van der Waals surface area contributed by atoms with Gasteiger partial charge in [-0.2, -0.15) is 0 Å². The van der Waals surface area contributed by atoms with E-state index in [1.807, 2.05) is 6.92 Å². The summed E-state index contributed by atoms with van der Waals surface area (Å²) in [6.45, 7) is 3.27. The molecule has 1 amide bonds. The van der Waals surface area contributed by atoms with Gasteiger partial charge in [-0.25, -0.2) is 0 Å². The van der Waals surface area contributed by atoms with Gasteiger partial charge >= 0.3 is 0 Å². The summed E-state index contributed by atoms with van der Waals surface area (Å²) >= 11 is 0. The van der Waals surface area contributed by atoms with Crippen LogP contribution in [0.2, 0.25) is 0 Å². The van der Waals surface area contributed by atoms with E-state index in [1.54, 1.807) is 0 Å². The zero-order chi connectivity index (χ0) is 11.3. The van der Waals surface area contributed by atoms with Crippen molar-refractivity contribution in [2.75, 3.05) is 13.2 Å². The maximum atomic E-state index is 11.5. The molecule has 0 atom stereocenters. The van der Waals surface area contributed by atoms with Gasteiger partial charge in [0.15, 0.2) is 0 Å². The summed E-state index contributed by atoms with van der Waals surface area (Å²) in [5.41, 5.74) is 9.07. The molecule has 0 spiro atoms. The largest absolute Gasteiger partial charge is 0.493 e. The normalized spacial score (nSPS) is 16.3. The second-order valence-corrected chi connectivity index (χ2v) is 4.18. The average molecular weight is 219 g/mol.